The SMILES string of the molecule is C=C/C=C(\C(=C)OI)c1cc(Nc2ccc(OC)c(NC)c2)ncn1. The summed E-state index contributed by atoms with van der Waals surface area (Å²) in [5.74, 6) is 1.91. The lowest BCUT2D eigenvalue weighted by molar-refractivity contribution is 0.416. The topological polar surface area (TPSA) is 68.3 Å². The molecule has 0 saturated carbocycles. The first-order chi connectivity index (χ1) is 12.1. The molecule has 1 heterocycles. The van der Waals surface area contributed by atoms with Gasteiger partial charge in [0.15, 0.2) is 23.0 Å². The van der Waals surface area contributed by atoms with Crippen LogP contribution in [0.4, 0.5) is 17.2 Å². The zero-order valence-electron chi connectivity index (χ0n) is 14.0. The minimum absolute atomic E-state index is 0.493. The van der Waals surface area contributed by atoms with E-state index in [9.17, 15) is 0 Å². The Labute approximate surface area is 161 Å². The first kappa shape index (κ1) is 18.8. The van der Waals surface area contributed by atoms with Crippen LogP contribution in [0.1, 0.15) is 5.69 Å². The summed E-state index contributed by atoms with van der Waals surface area (Å²) >= 11 is 1.78. The van der Waals surface area contributed by atoms with Crippen LogP contribution in [0.25, 0.3) is 5.57 Å². The maximum absolute atomic E-state index is 5.30. The molecule has 1 aromatic carbocycles. The Balaban J connectivity index is 2.31. The number of hydrogen-bond acceptors (Lipinski definition) is 6. The first-order valence-corrected chi connectivity index (χ1v) is 8.26. The number of methoxy groups -OCH3 is 1. The van der Waals surface area contributed by atoms with E-state index in [-0.39, 0.29) is 0 Å². The standard InChI is InChI=1S/C18H19IN4O2/c1-5-6-14(12(2)25-19)15-10-18(22-11-21-15)23-13-7-8-17(24-4)16(9-13)20-3/h5-11,20H,1-2H2,3-4H3,(H,21,22,23)/b14-6+. The van der Waals surface area contributed by atoms with Crippen molar-refractivity contribution < 1.29 is 7.80 Å². The number of rotatable bonds is 8. The molecule has 2 aromatic rings. The second kappa shape index (κ2) is 9.07. The van der Waals surface area contributed by atoms with Crippen LogP contribution in [-0.4, -0.2) is 24.1 Å². The highest BCUT2D eigenvalue weighted by Gasteiger charge is 2.10. The molecule has 0 fully saturated rings. The van der Waals surface area contributed by atoms with Crippen LogP contribution in [0.2, 0.25) is 0 Å². The summed E-state index contributed by atoms with van der Waals surface area (Å²) < 4.78 is 10.5. The van der Waals surface area contributed by atoms with Crippen LogP contribution in [-0.2, 0) is 3.07 Å². The third-order valence-corrected chi connectivity index (χ3v) is 3.89. The second-order valence-corrected chi connectivity index (χ2v) is 5.34. The Hall–Kier alpha value is -2.55. The number of nitrogens with zero attached hydrogens (tertiary/aromatic N) is 2. The van der Waals surface area contributed by atoms with Gasteiger partial charge >= 0.3 is 0 Å². The van der Waals surface area contributed by atoms with Gasteiger partial charge in [-0.25, -0.2) is 9.97 Å². The van der Waals surface area contributed by atoms with Crippen molar-refractivity contribution in [1.82, 2.24) is 9.97 Å². The summed E-state index contributed by atoms with van der Waals surface area (Å²) in [7, 11) is 3.47. The molecule has 0 radical (unpaired) electrons. The lowest BCUT2D eigenvalue weighted by Gasteiger charge is -2.12. The molecule has 130 valence electrons. The average molecular weight is 450 g/mol. The normalized spacial score (nSPS) is 10.8. The molecule has 2 rings (SSSR count). The fraction of sp³-hybridized carbons (Fsp3) is 0.111. The smallest absolute Gasteiger partial charge is 0.192 e. The summed E-state index contributed by atoms with van der Waals surface area (Å²) in [5, 5.41) is 6.35. The number of allylic oxidation sites excluding steroid dienone is 3. The lowest BCUT2D eigenvalue weighted by atomic mass is 10.1. The number of halogens is 1. The van der Waals surface area contributed by atoms with Gasteiger partial charge in [-0.15, -0.1) is 0 Å². The maximum Gasteiger partial charge on any atom is 0.192 e. The van der Waals surface area contributed by atoms with Gasteiger partial charge in [-0.05, 0) is 24.3 Å². The molecule has 2 N–H and O–H groups in total. The number of hydrogen-bond donors (Lipinski definition) is 2. The van der Waals surface area contributed by atoms with E-state index in [0.717, 1.165) is 22.7 Å². The Morgan fingerprint density at radius 2 is 2.08 bits per heavy atom. The quantitative estimate of drug-likeness (QED) is 0.345. The fourth-order valence-corrected chi connectivity index (χ4v) is 2.42. The van der Waals surface area contributed by atoms with Crippen molar-refractivity contribution >= 4 is 45.8 Å². The molecule has 0 bridgehead atoms. The largest absolute Gasteiger partial charge is 0.495 e. The van der Waals surface area contributed by atoms with Crippen LogP contribution < -0.4 is 15.4 Å². The van der Waals surface area contributed by atoms with Gasteiger partial charge in [0.05, 0.1) is 18.5 Å². The number of aromatic nitrogens is 2. The zero-order chi connectivity index (χ0) is 18.2. The Morgan fingerprint density at radius 3 is 2.72 bits per heavy atom. The maximum atomic E-state index is 5.30. The highest BCUT2D eigenvalue weighted by Crippen LogP contribution is 2.29. The van der Waals surface area contributed by atoms with E-state index >= 15 is 0 Å². The number of nitrogens with one attached hydrogen (secondary N) is 2. The van der Waals surface area contributed by atoms with Gasteiger partial charge in [0, 0.05) is 24.4 Å². The number of ether oxygens (including phenoxy) is 1. The Morgan fingerprint density at radius 1 is 1.28 bits per heavy atom. The molecule has 0 aliphatic rings. The predicted molar refractivity (Wildman–Crippen MR) is 110 cm³/mol. The van der Waals surface area contributed by atoms with Crippen molar-refractivity contribution in [2.75, 3.05) is 24.8 Å². The molecule has 0 aliphatic heterocycles. The second-order valence-electron chi connectivity index (χ2n) is 4.89. The molecule has 0 atom stereocenters. The summed E-state index contributed by atoms with van der Waals surface area (Å²) in [6.45, 7) is 7.59. The van der Waals surface area contributed by atoms with Crippen molar-refractivity contribution in [3.05, 3.63) is 67.4 Å². The van der Waals surface area contributed by atoms with E-state index in [1.54, 1.807) is 42.3 Å². The van der Waals surface area contributed by atoms with Crippen molar-refractivity contribution in [2.45, 2.75) is 0 Å². The van der Waals surface area contributed by atoms with E-state index in [4.69, 9.17) is 7.80 Å². The van der Waals surface area contributed by atoms with E-state index in [1.165, 1.54) is 6.33 Å². The van der Waals surface area contributed by atoms with Crippen LogP contribution in [0.3, 0.4) is 0 Å². The highest BCUT2D eigenvalue weighted by molar-refractivity contribution is 14.1. The highest BCUT2D eigenvalue weighted by atomic mass is 127. The third-order valence-electron chi connectivity index (χ3n) is 3.36. The van der Waals surface area contributed by atoms with E-state index in [0.29, 0.717) is 17.3 Å². The van der Waals surface area contributed by atoms with Gasteiger partial charge in [-0.3, -0.25) is 0 Å². The predicted octanol–water partition coefficient (Wildman–Crippen LogP) is 4.72. The molecule has 0 unspecified atom stereocenters. The van der Waals surface area contributed by atoms with Gasteiger partial charge in [0.25, 0.3) is 0 Å². The van der Waals surface area contributed by atoms with Gasteiger partial charge in [-0.2, -0.15) is 0 Å². The molecule has 6 nitrogen and oxygen atoms in total. The minimum Gasteiger partial charge on any atom is -0.495 e. The average Bonchev–Trinajstić information content (AvgIpc) is 2.65. The van der Waals surface area contributed by atoms with Gasteiger partial charge in [-0.1, -0.05) is 19.2 Å². The molecular weight excluding hydrogens is 431 g/mol. The molecule has 1 aromatic heterocycles. The molecule has 7 heteroatoms. The molecule has 0 spiro atoms. The van der Waals surface area contributed by atoms with Gasteiger partial charge in [0.2, 0.25) is 0 Å². The third kappa shape index (κ3) is 4.72. The summed E-state index contributed by atoms with van der Waals surface area (Å²) in [6.07, 6.45) is 4.94. The monoisotopic (exact) mass is 450 g/mol. The van der Waals surface area contributed by atoms with Crippen LogP contribution >= 0.6 is 23.0 Å². The Bertz CT molecular complexity index is 805. The van der Waals surface area contributed by atoms with E-state index in [1.807, 2.05) is 31.3 Å². The summed E-state index contributed by atoms with van der Waals surface area (Å²) in [6, 6.07) is 7.55. The van der Waals surface area contributed by atoms with Crippen molar-refractivity contribution in [2.24, 2.45) is 0 Å². The molecule has 25 heavy (non-hydrogen) atoms. The Kier molecular flexibility index (Phi) is 6.81. The van der Waals surface area contributed by atoms with Gasteiger partial charge < -0.3 is 18.4 Å². The molecule has 0 aliphatic carbocycles. The first-order valence-electron chi connectivity index (χ1n) is 7.38. The van der Waals surface area contributed by atoms with Crippen molar-refractivity contribution in [3.8, 4) is 5.75 Å². The fourth-order valence-electron chi connectivity index (χ4n) is 2.18. The molecule has 0 saturated heterocycles. The van der Waals surface area contributed by atoms with Crippen molar-refractivity contribution in [3.63, 3.8) is 0 Å². The van der Waals surface area contributed by atoms with E-state index in [2.05, 4.69) is 33.8 Å². The number of benzene rings is 1. The van der Waals surface area contributed by atoms with Crippen LogP contribution in [0.15, 0.2) is 61.7 Å². The summed E-state index contributed by atoms with van der Waals surface area (Å²) in [5.41, 5.74) is 3.16. The van der Waals surface area contributed by atoms with Crippen LogP contribution in [0.5, 0.6) is 5.75 Å². The minimum atomic E-state index is 0.493. The summed E-state index contributed by atoms with van der Waals surface area (Å²) in [4.78, 5) is 8.55. The van der Waals surface area contributed by atoms with Crippen molar-refractivity contribution in [1.29, 1.82) is 0 Å². The van der Waals surface area contributed by atoms with E-state index < -0.39 is 0 Å². The molecule has 0 amide bonds. The zero-order valence-corrected chi connectivity index (χ0v) is 16.2. The van der Waals surface area contributed by atoms with Crippen LogP contribution in [0, 0.1) is 0 Å². The van der Waals surface area contributed by atoms with Gasteiger partial charge in [0.1, 0.15) is 23.7 Å². The lowest BCUT2D eigenvalue weighted by Crippen LogP contribution is -2.00. The molecular formula is C18H19IN4O2. The number of anilines is 3.